The number of benzene rings is 2. The van der Waals surface area contributed by atoms with Crippen molar-refractivity contribution < 1.29 is 18.1 Å². The third kappa shape index (κ3) is 5.08. The molecule has 10 heteroatoms. The van der Waals surface area contributed by atoms with Crippen molar-refractivity contribution in [3.8, 4) is 11.3 Å². The smallest absolute Gasteiger partial charge is 0.288 e. The van der Waals surface area contributed by atoms with E-state index in [2.05, 4.69) is 10.3 Å². The lowest BCUT2D eigenvalue weighted by atomic mass is 10.1. The molecule has 3 aromatic rings. The van der Waals surface area contributed by atoms with E-state index in [0.717, 1.165) is 40.2 Å². The standard InChI is InChI=1S/C20H19N3O5S2/c1-13-22-17(12-29-13)15-5-3-14(4-6-15)9-10-21-20(24)16-7-8-19(30(2,27)28)18(11-16)23(25)26/h3-8,11-12H,9-10H2,1-2H3,(H,21,24). The van der Waals surface area contributed by atoms with E-state index < -0.39 is 31.3 Å². The first-order chi connectivity index (χ1) is 14.1. The zero-order valence-electron chi connectivity index (χ0n) is 16.3. The molecule has 0 atom stereocenters. The Morgan fingerprint density at radius 3 is 2.47 bits per heavy atom. The van der Waals surface area contributed by atoms with Crippen LogP contribution in [-0.4, -0.2) is 37.0 Å². The predicted molar refractivity (Wildman–Crippen MR) is 115 cm³/mol. The largest absolute Gasteiger partial charge is 0.352 e. The van der Waals surface area contributed by atoms with E-state index in [-0.39, 0.29) is 5.56 Å². The number of aryl methyl sites for hydroxylation is 1. The van der Waals surface area contributed by atoms with Crippen molar-refractivity contribution in [3.63, 3.8) is 0 Å². The molecule has 0 aliphatic rings. The Morgan fingerprint density at radius 2 is 1.90 bits per heavy atom. The van der Waals surface area contributed by atoms with E-state index in [9.17, 15) is 23.3 Å². The monoisotopic (exact) mass is 445 g/mol. The lowest BCUT2D eigenvalue weighted by molar-refractivity contribution is -0.387. The fourth-order valence-corrected chi connectivity index (χ4v) is 4.33. The highest BCUT2D eigenvalue weighted by Crippen LogP contribution is 2.25. The second-order valence-electron chi connectivity index (χ2n) is 6.67. The van der Waals surface area contributed by atoms with Crippen molar-refractivity contribution in [1.82, 2.24) is 10.3 Å². The van der Waals surface area contributed by atoms with Crippen LogP contribution in [0.2, 0.25) is 0 Å². The van der Waals surface area contributed by atoms with Crippen LogP contribution in [0, 0.1) is 17.0 Å². The molecule has 0 fully saturated rings. The number of hydrogen-bond donors (Lipinski definition) is 1. The van der Waals surface area contributed by atoms with E-state index in [1.54, 1.807) is 11.3 Å². The highest BCUT2D eigenvalue weighted by atomic mass is 32.2. The van der Waals surface area contributed by atoms with Gasteiger partial charge in [0.2, 0.25) is 0 Å². The van der Waals surface area contributed by atoms with Gasteiger partial charge in [-0.2, -0.15) is 0 Å². The van der Waals surface area contributed by atoms with Gasteiger partial charge in [0.1, 0.15) is 4.90 Å². The molecule has 156 valence electrons. The molecule has 0 saturated heterocycles. The predicted octanol–water partition coefficient (Wildman–Crippen LogP) is 3.40. The highest BCUT2D eigenvalue weighted by molar-refractivity contribution is 7.90. The number of nitrogens with one attached hydrogen (secondary N) is 1. The number of hydrogen-bond acceptors (Lipinski definition) is 7. The Labute approximate surface area is 177 Å². The Balaban J connectivity index is 1.63. The number of carbonyl (C=O) groups is 1. The summed E-state index contributed by atoms with van der Waals surface area (Å²) in [5.74, 6) is -0.507. The molecule has 0 unspecified atom stereocenters. The van der Waals surface area contributed by atoms with Gasteiger partial charge in [0, 0.05) is 35.4 Å². The lowest BCUT2D eigenvalue weighted by Gasteiger charge is -2.07. The first kappa shape index (κ1) is 21.6. The number of nitro groups is 1. The van der Waals surface area contributed by atoms with Crippen molar-refractivity contribution in [2.24, 2.45) is 0 Å². The molecule has 0 spiro atoms. The number of rotatable bonds is 7. The highest BCUT2D eigenvalue weighted by Gasteiger charge is 2.23. The van der Waals surface area contributed by atoms with E-state index >= 15 is 0 Å². The normalized spacial score (nSPS) is 11.3. The molecular formula is C20H19N3O5S2. The minimum absolute atomic E-state index is 0.0309. The molecule has 3 rings (SSSR count). The minimum atomic E-state index is -3.77. The van der Waals surface area contributed by atoms with Crippen LogP contribution in [0.25, 0.3) is 11.3 Å². The van der Waals surface area contributed by atoms with Crippen LogP contribution < -0.4 is 5.32 Å². The van der Waals surface area contributed by atoms with Crippen molar-refractivity contribution in [3.05, 3.63) is 74.1 Å². The molecular weight excluding hydrogens is 426 g/mol. The summed E-state index contributed by atoms with van der Waals surface area (Å²) in [5.41, 5.74) is 2.38. The third-order valence-corrected chi connectivity index (χ3v) is 6.30. The maximum Gasteiger partial charge on any atom is 0.288 e. The molecule has 1 amide bonds. The van der Waals surface area contributed by atoms with Gasteiger partial charge in [0.25, 0.3) is 11.6 Å². The average molecular weight is 446 g/mol. The topological polar surface area (TPSA) is 119 Å². The number of nitrogens with zero attached hydrogens (tertiary/aromatic N) is 2. The molecule has 0 saturated carbocycles. The van der Waals surface area contributed by atoms with Crippen LogP contribution in [-0.2, 0) is 16.3 Å². The second kappa shape index (κ2) is 8.72. The zero-order valence-corrected chi connectivity index (χ0v) is 17.9. The Kier molecular flexibility index (Phi) is 6.28. The summed E-state index contributed by atoms with van der Waals surface area (Å²) >= 11 is 1.59. The van der Waals surface area contributed by atoms with Crippen LogP contribution in [0.5, 0.6) is 0 Å². The van der Waals surface area contributed by atoms with Gasteiger partial charge < -0.3 is 5.32 Å². The summed E-state index contributed by atoms with van der Waals surface area (Å²) in [6, 6.07) is 11.2. The van der Waals surface area contributed by atoms with Crippen molar-refractivity contribution >= 4 is 32.8 Å². The van der Waals surface area contributed by atoms with E-state index in [1.165, 1.54) is 6.07 Å². The molecule has 0 aliphatic carbocycles. The van der Waals surface area contributed by atoms with Gasteiger partial charge in [0.15, 0.2) is 9.84 Å². The van der Waals surface area contributed by atoms with Crippen LogP contribution >= 0.6 is 11.3 Å². The number of nitro benzene ring substituents is 1. The van der Waals surface area contributed by atoms with Gasteiger partial charge in [-0.1, -0.05) is 24.3 Å². The van der Waals surface area contributed by atoms with Crippen molar-refractivity contribution in [2.45, 2.75) is 18.2 Å². The summed E-state index contributed by atoms with van der Waals surface area (Å²) in [4.78, 5) is 26.7. The van der Waals surface area contributed by atoms with Crippen LogP contribution in [0.4, 0.5) is 5.69 Å². The number of thiazole rings is 1. The maximum atomic E-state index is 12.3. The fourth-order valence-electron chi connectivity index (χ4n) is 2.88. The van der Waals surface area contributed by atoms with Gasteiger partial charge in [-0.15, -0.1) is 11.3 Å². The molecule has 1 N–H and O–H groups in total. The van der Waals surface area contributed by atoms with Crippen molar-refractivity contribution in [2.75, 3.05) is 12.8 Å². The molecule has 0 aliphatic heterocycles. The quantitative estimate of drug-likeness (QED) is 0.440. The summed E-state index contributed by atoms with van der Waals surface area (Å²) in [7, 11) is -3.77. The van der Waals surface area contributed by atoms with Crippen LogP contribution in [0.3, 0.4) is 0 Å². The maximum absolute atomic E-state index is 12.3. The molecule has 30 heavy (non-hydrogen) atoms. The summed E-state index contributed by atoms with van der Waals surface area (Å²) in [6.45, 7) is 2.28. The van der Waals surface area contributed by atoms with E-state index in [0.29, 0.717) is 13.0 Å². The average Bonchev–Trinajstić information content (AvgIpc) is 3.13. The lowest BCUT2D eigenvalue weighted by Crippen LogP contribution is -2.25. The van der Waals surface area contributed by atoms with Crippen LogP contribution in [0.15, 0.2) is 52.7 Å². The first-order valence-corrected chi connectivity index (χ1v) is 11.7. The summed E-state index contributed by atoms with van der Waals surface area (Å²) < 4.78 is 23.4. The van der Waals surface area contributed by atoms with Crippen molar-refractivity contribution in [1.29, 1.82) is 0 Å². The zero-order chi connectivity index (χ0) is 21.9. The molecule has 2 aromatic carbocycles. The Bertz CT molecular complexity index is 1200. The number of amides is 1. The molecule has 0 bridgehead atoms. The number of aromatic nitrogens is 1. The third-order valence-electron chi connectivity index (χ3n) is 4.39. The van der Waals surface area contributed by atoms with Gasteiger partial charge in [0.05, 0.1) is 15.6 Å². The first-order valence-electron chi connectivity index (χ1n) is 8.93. The SMILES string of the molecule is Cc1nc(-c2ccc(CCNC(=O)c3ccc(S(C)(=O)=O)c([N+](=O)[O-])c3)cc2)cs1. The Hall–Kier alpha value is -3.11. The molecule has 1 aromatic heterocycles. The fraction of sp³-hybridized carbons (Fsp3) is 0.200. The van der Waals surface area contributed by atoms with Gasteiger partial charge in [-0.3, -0.25) is 14.9 Å². The van der Waals surface area contributed by atoms with Crippen LogP contribution in [0.1, 0.15) is 20.9 Å². The Morgan fingerprint density at radius 1 is 1.20 bits per heavy atom. The minimum Gasteiger partial charge on any atom is -0.352 e. The van der Waals surface area contributed by atoms with Gasteiger partial charge >= 0.3 is 0 Å². The van der Waals surface area contributed by atoms with Gasteiger partial charge in [-0.25, -0.2) is 13.4 Å². The summed E-state index contributed by atoms with van der Waals surface area (Å²) in [6.07, 6.45) is 1.46. The van der Waals surface area contributed by atoms with E-state index in [4.69, 9.17) is 0 Å². The molecule has 0 radical (unpaired) electrons. The van der Waals surface area contributed by atoms with E-state index in [1.807, 2.05) is 36.6 Å². The summed E-state index contributed by atoms with van der Waals surface area (Å²) in [5, 5.41) is 16.9. The second-order valence-corrected chi connectivity index (χ2v) is 9.71. The van der Waals surface area contributed by atoms with Gasteiger partial charge in [-0.05, 0) is 31.0 Å². The number of sulfone groups is 1. The molecule has 1 heterocycles. The molecule has 8 nitrogen and oxygen atoms in total. The number of carbonyl (C=O) groups excluding carboxylic acids is 1.